The van der Waals surface area contributed by atoms with Crippen LogP contribution in [0.1, 0.15) is 35.4 Å². The fraction of sp³-hybridized carbons (Fsp3) is 0.435. The molecule has 0 unspecified atom stereocenters. The van der Waals surface area contributed by atoms with Crippen molar-refractivity contribution in [2.75, 3.05) is 38.3 Å². The molecule has 1 aromatic carbocycles. The number of rotatable bonds is 10. The van der Waals surface area contributed by atoms with Crippen LogP contribution < -0.4 is 17.0 Å². The molecule has 1 aliphatic heterocycles. The van der Waals surface area contributed by atoms with E-state index in [4.69, 9.17) is 10.5 Å². The number of hydrogen-bond acceptors (Lipinski definition) is 9. The number of carbonyl (C=O) groups excluding carboxylic acids is 1. The van der Waals surface area contributed by atoms with Crippen LogP contribution >= 0.6 is 11.8 Å². The molecule has 3 aromatic rings. The number of nitrogens with two attached hydrogens (primary N) is 1. The molecular weight excluding hydrogens is 470 g/mol. The predicted molar refractivity (Wildman–Crippen MR) is 133 cm³/mol. The number of H-pyrrole nitrogens is 1. The fourth-order valence-corrected chi connectivity index (χ4v) is 4.96. The van der Waals surface area contributed by atoms with Gasteiger partial charge >= 0.3 is 5.69 Å². The first-order chi connectivity index (χ1) is 17.0. The van der Waals surface area contributed by atoms with E-state index in [1.54, 1.807) is 0 Å². The number of piperidine rings is 1. The molecule has 0 aliphatic carbocycles. The fourth-order valence-electron chi connectivity index (χ4n) is 4.11. The Labute approximate surface area is 206 Å². The van der Waals surface area contributed by atoms with Gasteiger partial charge in [-0.15, -0.1) is 10.2 Å². The molecular formula is C23H29N7O4S. The quantitative estimate of drug-likeness (QED) is 0.312. The van der Waals surface area contributed by atoms with Gasteiger partial charge in [0.2, 0.25) is 0 Å². The molecule has 0 atom stereocenters. The van der Waals surface area contributed by atoms with Crippen molar-refractivity contribution in [1.82, 2.24) is 29.2 Å². The van der Waals surface area contributed by atoms with Crippen LogP contribution in [0.5, 0.6) is 0 Å². The number of thioether (sulfide) groups is 1. The molecule has 1 aliphatic rings. The van der Waals surface area contributed by atoms with E-state index >= 15 is 0 Å². The smallest absolute Gasteiger partial charge is 0.330 e. The maximum absolute atomic E-state index is 13.0. The molecule has 0 amide bonds. The van der Waals surface area contributed by atoms with Crippen LogP contribution in [0.15, 0.2) is 45.1 Å². The van der Waals surface area contributed by atoms with Crippen molar-refractivity contribution in [2.24, 2.45) is 0 Å². The molecule has 0 bridgehead atoms. The second-order valence-corrected chi connectivity index (χ2v) is 9.22. The van der Waals surface area contributed by atoms with Crippen molar-refractivity contribution in [3.05, 3.63) is 62.6 Å². The van der Waals surface area contributed by atoms with Gasteiger partial charge in [-0.3, -0.25) is 28.6 Å². The van der Waals surface area contributed by atoms with E-state index in [2.05, 4.69) is 20.1 Å². The number of ketones is 1. The lowest BCUT2D eigenvalue weighted by atomic mass is 10.1. The van der Waals surface area contributed by atoms with Crippen LogP contribution in [0.2, 0.25) is 0 Å². The van der Waals surface area contributed by atoms with Crippen molar-refractivity contribution in [1.29, 1.82) is 0 Å². The SMILES string of the molecule is COCCn1c(N)c(C(=O)CSc2nnc(CN3CCCCC3)n2-c2ccccc2)c(=O)[nH]c1=O. The van der Waals surface area contributed by atoms with Crippen molar-refractivity contribution in [3.8, 4) is 5.69 Å². The molecule has 35 heavy (non-hydrogen) atoms. The maximum atomic E-state index is 13.0. The number of likely N-dealkylation sites (tertiary alicyclic amines) is 1. The third-order valence-electron chi connectivity index (χ3n) is 5.90. The number of nitrogen functional groups attached to an aromatic ring is 1. The topological polar surface area (TPSA) is 141 Å². The Morgan fingerprint density at radius 1 is 1.14 bits per heavy atom. The Bertz CT molecular complexity index is 1280. The zero-order valence-electron chi connectivity index (χ0n) is 19.6. The highest BCUT2D eigenvalue weighted by Crippen LogP contribution is 2.24. The Kier molecular flexibility index (Phi) is 8.16. The normalized spacial score (nSPS) is 14.3. The van der Waals surface area contributed by atoms with Gasteiger partial charge in [0.1, 0.15) is 11.4 Å². The molecule has 12 heteroatoms. The van der Waals surface area contributed by atoms with Crippen LogP contribution in [0, 0.1) is 0 Å². The summed E-state index contributed by atoms with van der Waals surface area (Å²) in [5.41, 5.74) is 5.21. The molecule has 3 N–H and O–H groups in total. The van der Waals surface area contributed by atoms with Crippen LogP contribution in [0.4, 0.5) is 5.82 Å². The summed E-state index contributed by atoms with van der Waals surface area (Å²) in [5, 5.41) is 9.31. The Morgan fingerprint density at radius 3 is 2.60 bits per heavy atom. The number of aromatic amines is 1. The molecule has 3 heterocycles. The van der Waals surface area contributed by atoms with E-state index in [9.17, 15) is 14.4 Å². The van der Waals surface area contributed by atoms with Gasteiger partial charge in [0.15, 0.2) is 16.8 Å². The van der Waals surface area contributed by atoms with Gasteiger partial charge in [0.05, 0.1) is 25.4 Å². The highest BCUT2D eigenvalue weighted by Gasteiger charge is 2.23. The van der Waals surface area contributed by atoms with E-state index < -0.39 is 17.0 Å². The van der Waals surface area contributed by atoms with E-state index in [-0.39, 0.29) is 30.3 Å². The second-order valence-electron chi connectivity index (χ2n) is 8.28. The molecule has 11 nitrogen and oxygen atoms in total. The predicted octanol–water partition coefficient (Wildman–Crippen LogP) is 1.31. The first kappa shape index (κ1) is 24.9. The number of anilines is 1. The number of aromatic nitrogens is 5. The average Bonchev–Trinajstić information content (AvgIpc) is 3.25. The van der Waals surface area contributed by atoms with E-state index in [1.807, 2.05) is 34.9 Å². The van der Waals surface area contributed by atoms with Crippen molar-refractivity contribution in [2.45, 2.75) is 37.5 Å². The molecule has 0 radical (unpaired) electrons. The van der Waals surface area contributed by atoms with E-state index in [0.717, 1.165) is 42.0 Å². The lowest BCUT2D eigenvalue weighted by Crippen LogP contribution is -2.37. The lowest BCUT2D eigenvalue weighted by Gasteiger charge is -2.26. The summed E-state index contributed by atoms with van der Waals surface area (Å²) in [4.78, 5) is 42.1. The second kappa shape index (κ2) is 11.5. The highest BCUT2D eigenvalue weighted by molar-refractivity contribution is 7.99. The van der Waals surface area contributed by atoms with Crippen LogP contribution in [-0.4, -0.2) is 67.6 Å². The van der Waals surface area contributed by atoms with Gasteiger partial charge in [-0.1, -0.05) is 36.4 Å². The number of nitrogens with zero attached hydrogens (tertiary/aromatic N) is 5. The number of Topliss-reactive ketones (excluding diaryl/α,β-unsaturated/α-hetero) is 1. The van der Waals surface area contributed by atoms with Gasteiger partial charge in [-0.25, -0.2) is 4.79 Å². The first-order valence-electron chi connectivity index (χ1n) is 11.5. The number of hydrogen-bond donors (Lipinski definition) is 2. The zero-order valence-corrected chi connectivity index (χ0v) is 20.4. The Hall–Kier alpha value is -3.22. The van der Waals surface area contributed by atoms with E-state index in [1.165, 1.54) is 25.3 Å². The van der Waals surface area contributed by atoms with Gasteiger partial charge in [0.25, 0.3) is 5.56 Å². The third kappa shape index (κ3) is 5.72. The summed E-state index contributed by atoms with van der Waals surface area (Å²) in [6, 6.07) is 9.72. The van der Waals surface area contributed by atoms with Crippen molar-refractivity contribution < 1.29 is 9.53 Å². The average molecular weight is 500 g/mol. The van der Waals surface area contributed by atoms with Gasteiger partial charge < -0.3 is 10.5 Å². The minimum absolute atomic E-state index is 0.0928. The molecule has 4 rings (SSSR count). The molecule has 0 spiro atoms. The summed E-state index contributed by atoms with van der Waals surface area (Å²) >= 11 is 1.17. The zero-order chi connectivity index (χ0) is 24.8. The molecule has 186 valence electrons. The summed E-state index contributed by atoms with van der Waals surface area (Å²) in [5.74, 6) is 0.0279. The molecule has 0 saturated carbocycles. The van der Waals surface area contributed by atoms with Crippen LogP contribution in [0.3, 0.4) is 0 Å². The molecule has 2 aromatic heterocycles. The molecule has 1 saturated heterocycles. The number of benzene rings is 1. The first-order valence-corrected chi connectivity index (χ1v) is 12.5. The monoisotopic (exact) mass is 499 g/mol. The number of carbonyl (C=O) groups is 1. The standard InChI is InChI=1S/C23H29N7O4S/c1-34-13-12-29-20(24)19(21(32)25-22(29)33)17(31)15-35-23-27-26-18(14-28-10-6-3-7-11-28)30(23)16-8-4-2-5-9-16/h2,4-5,8-9H,3,6-7,10-15,24H2,1H3,(H,25,32,33). The van der Waals surface area contributed by atoms with Crippen LogP contribution in [-0.2, 0) is 17.8 Å². The highest BCUT2D eigenvalue weighted by atomic mass is 32.2. The van der Waals surface area contributed by atoms with E-state index in [0.29, 0.717) is 11.7 Å². The number of ether oxygens (including phenoxy) is 1. The van der Waals surface area contributed by atoms with Crippen LogP contribution in [0.25, 0.3) is 5.69 Å². The van der Waals surface area contributed by atoms with Gasteiger partial charge in [0, 0.05) is 12.8 Å². The summed E-state index contributed by atoms with van der Waals surface area (Å²) in [6.07, 6.45) is 3.57. The summed E-state index contributed by atoms with van der Waals surface area (Å²) in [7, 11) is 1.48. The minimum Gasteiger partial charge on any atom is -0.384 e. The number of methoxy groups -OCH3 is 1. The Morgan fingerprint density at radius 2 is 1.89 bits per heavy atom. The van der Waals surface area contributed by atoms with Gasteiger partial charge in [-0.05, 0) is 38.1 Å². The van der Waals surface area contributed by atoms with Crippen molar-refractivity contribution >= 4 is 23.4 Å². The summed E-state index contributed by atoms with van der Waals surface area (Å²) in [6.45, 7) is 3.02. The lowest BCUT2D eigenvalue weighted by molar-refractivity contribution is 0.102. The molecule has 1 fully saturated rings. The van der Waals surface area contributed by atoms with Gasteiger partial charge in [-0.2, -0.15) is 0 Å². The largest absolute Gasteiger partial charge is 0.384 e. The Balaban J connectivity index is 1.59. The van der Waals surface area contributed by atoms with Crippen molar-refractivity contribution in [3.63, 3.8) is 0 Å². The number of nitrogens with one attached hydrogen (secondary N) is 1. The number of para-hydroxylation sites is 1. The maximum Gasteiger partial charge on any atom is 0.330 e. The minimum atomic E-state index is -0.804. The summed E-state index contributed by atoms with van der Waals surface area (Å²) < 4.78 is 8.06. The third-order valence-corrected chi connectivity index (χ3v) is 6.83.